The summed E-state index contributed by atoms with van der Waals surface area (Å²) in [6.45, 7) is 0. The van der Waals surface area contributed by atoms with E-state index in [2.05, 4.69) is 4.74 Å². The number of hydrogen-bond donors (Lipinski definition) is 0. The third-order valence-electron chi connectivity index (χ3n) is 0.557. The summed E-state index contributed by atoms with van der Waals surface area (Å²) in [6.07, 6.45) is 0. The van der Waals surface area contributed by atoms with Gasteiger partial charge in [-0.2, -0.15) is 0 Å². The van der Waals surface area contributed by atoms with Gasteiger partial charge in [0.25, 0.3) is 0 Å². The van der Waals surface area contributed by atoms with Gasteiger partial charge in [-0.15, -0.1) is 0 Å². The third kappa shape index (κ3) is 1.12. The number of ether oxygens (including phenoxy) is 1. The fraction of sp³-hybridized carbons (Fsp3) is 0. The minimum atomic E-state index is -1.30. The number of carbonyl (C=O) groups excluding carboxylic acids is 2. The first-order valence-electron chi connectivity index (χ1n) is 1.73. The van der Waals surface area contributed by atoms with Gasteiger partial charge in [0.15, 0.2) is 0 Å². The molecule has 1 aliphatic heterocycles. The van der Waals surface area contributed by atoms with E-state index in [0.717, 1.165) is 0 Å². The van der Waals surface area contributed by atoms with Crippen LogP contribution in [0.5, 0.6) is 0 Å². The third-order valence-corrected chi connectivity index (χ3v) is 2.92. The second-order valence-corrected chi connectivity index (χ2v) is 4.32. The first kappa shape index (κ1) is 5.03. The van der Waals surface area contributed by atoms with Crippen molar-refractivity contribution in [1.29, 1.82) is 0 Å². The molecule has 0 saturated heterocycles. The summed E-state index contributed by atoms with van der Waals surface area (Å²) in [5.41, 5.74) is 0. The van der Waals surface area contributed by atoms with Gasteiger partial charge in [0.05, 0.1) is 0 Å². The topological polar surface area (TPSA) is 43.4 Å². The van der Waals surface area contributed by atoms with Crippen molar-refractivity contribution in [2.24, 2.45) is 0 Å². The van der Waals surface area contributed by atoms with Crippen molar-refractivity contribution in [3.8, 4) is 0 Å². The molecule has 0 N–H and O–H groups in total. The normalized spacial score (nSPS) is 16.6. The molecular formula is C3HInO3. The Morgan fingerprint density at radius 3 is 2.43 bits per heavy atom. The Labute approximate surface area is 50.5 Å². The van der Waals surface area contributed by atoms with Gasteiger partial charge in [-0.05, 0) is 0 Å². The number of esters is 1. The summed E-state index contributed by atoms with van der Waals surface area (Å²) in [5, 5.41) is 0. The first-order valence-corrected chi connectivity index (χ1v) is 5.28. The Kier molecular flexibility index (Phi) is 1.27. The van der Waals surface area contributed by atoms with Gasteiger partial charge in [-0.3, -0.25) is 0 Å². The molecule has 7 heavy (non-hydrogen) atoms. The molecule has 0 aliphatic carbocycles. The van der Waals surface area contributed by atoms with Crippen LogP contribution in [0.1, 0.15) is 0 Å². The zero-order chi connectivity index (χ0) is 5.28. The molecule has 0 radical (unpaired) electrons. The molecule has 0 fully saturated rings. The van der Waals surface area contributed by atoms with Gasteiger partial charge >= 0.3 is 50.2 Å². The molecule has 3 nitrogen and oxygen atoms in total. The van der Waals surface area contributed by atoms with E-state index in [-0.39, 0.29) is 3.73 Å². The van der Waals surface area contributed by atoms with E-state index in [1.807, 2.05) is 0 Å². The van der Waals surface area contributed by atoms with Crippen LogP contribution in [0.4, 0.5) is 4.79 Å². The van der Waals surface area contributed by atoms with Crippen molar-refractivity contribution < 1.29 is 14.3 Å². The molecule has 0 aromatic rings. The number of carbonyl (C=O) groups is 2. The van der Waals surface area contributed by atoms with Crippen molar-refractivity contribution in [2.45, 2.75) is 0 Å². The molecule has 0 bridgehead atoms. The van der Waals surface area contributed by atoms with Crippen LogP contribution in [0.15, 0.2) is 0 Å². The van der Waals surface area contributed by atoms with Crippen molar-refractivity contribution in [1.82, 2.24) is 0 Å². The predicted octanol–water partition coefficient (Wildman–Crippen LogP) is -0.830. The summed E-state index contributed by atoms with van der Waals surface area (Å²) in [5.74, 6) is -0.439. The summed E-state index contributed by atoms with van der Waals surface area (Å²) >= 11 is -1.30. The fourth-order valence-corrected chi connectivity index (χ4v) is 1.80. The monoisotopic (exact) mass is 200 g/mol. The van der Waals surface area contributed by atoms with Crippen LogP contribution < -0.4 is 0 Å². The Balaban J connectivity index is 2.76. The van der Waals surface area contributed by atoms with Gasteiger partial charge in [0.2, 0.25) is 0 Å². The van der Waals surface area contributed by atoms with Gasteiger partial charge < -0.3 is 0 Å². The molecule has 0 unspecified atom stereocenters. The molecule has 1 heterocycles. The van der Waals surface area contributed by atoms with Gasteiger partial charge in [0.1, 0.15) is 0 Å². The van der Waals surface area contributed by atoms with Crippen LogP contribution in [0.3, 0.4) is 0 Å². The second kappa shape index (κ2) is 1.78. The molecule has 0 aromatic heterocycles. The number of cyclic esters (lactones) is 2. The summed E-state index contributed by atoms with van der Waals surface area (Å²) in [4.78, 5) is 20.1. The maximum atomic E-state index is 10.1. The average molecular weight is 200 g/mol. The van der Waals surface area contributed by atoms with Crippen LogP contribution in [0.2, 0.25) is 0 Å². The molecule has 1 rings (SSSR count). The van der Waals surface area contributed by atoms with E-state index in [1.165, 1.54) is 3.76 Å². The molecule has 0 atom stereocenters. The molecular weight excluding hydrogens is 199 g/mol. The van der Waals surface area contributed by atoms with Crippen molar-refractivity contribution >= 4 is 35.9 Å². The van der Waals surface area contributed by atoms with Crippen LogP contribution in [0.25, 0.3) is 0 Å². The molecule has 0 amide bonds. The van der Waals surface area contributed by atoms with E-state index in [9.17, 15) is 9.59 Å². The van der Waals surface area contributed by atoms with E-state index >= 15 is 0 Å². The van der Waals surface area contributed by atoms with Gasteiger partial charge in [-0.1, -0.05) is 0 Å². The second-order valence-electron chi connectivity index (χ2n) is 1.07. The molecule has 0 saturated carbocycles. The Bertz CT molecular complexity index is 132. The quantitative estimate of drug-likeness (QED) is 0.378. The predicted molar refractivity (Wildman–Crippen MR) is 23.3 cm³/mol. The van der Waals surface area contributed by atoms with Crippen molar-refractivity contribution in [3.63, 3.8) is 0 Å². The molecule has 1 aliphatic rings. The number of rotatable bonds is 0. The van der Waals surface area contributed by atoms with E-state index in [1.54, 1.807) is 0 Å². The summed E-state index contributed by atoms with van der Waals surface area (Å²) in [7, 11) is 0. The zero-order valence-electron chi connectivity index (χ0n) is 3.38. The van der Waals surface area contributed by atoms with E-state index in [4.69, 9.17) is 0 Å². The van der Waals surface area contributed by atoms with Gasteiger partial charge in [-0.25, -0.2) is 0 Å². The van der Waals surface area contributed by atoms with Crippen molar-refractivity contribution in [2.75, 3.05) is 0 Å². The maximum absolute atomic E-state index is 10.1. The molecule has 4 heteroatoms. The molecule has 0 spiro atoms. The Hall–Kier alpha value is -0.120. The molecule has 0 aromatic carbocycles. The van der Waals surface area contributed by atoms with Crippen LogP contribution >= 0.6 is 0 Å². The van der Waals surface area contributed by atoms with E-state index < -0.39 is 28.4 Å². The molecule has 34 valence electrons. The van der Waals surface area contributed by atoms with Crippen LogP contribution in [0, 0.1) is 0 Å². The summed E-state index contributed by atoms with van der Waals surface area (Å²) < 4.78 is 5.25. The first-order chi connectivity index (χ1) is 3.29. The van der Waals surface area contributed by atoms with Crippen molar-refractivity contribution in [3.05, 3.63) is 0 Å². The SMILES string of the molecule is O=C1[CH]=[In][C](=O)O1. The standard InChI is InChI=1S/C3HO3.In/c1-3(5)6-2-4;/h1H;. The number of hydrogen-bond acceptors (Lipinski definition) is 3. The fourth-order valence-electron chi connectivity index (χ4n) is 0.303. The minimum absolute atomic E-state index is 0.264. The summed E-state index contributed by atoms with van der Waals surface area (Å²) in [6, 6.07) is 0. The van der Waals surface area contributed by atoms with Gasteiger partial charge in [0, 0.05) is 0 Å². The van der Waals surface area contributed by atoms with Crippen LogP contribution in [-0.2, 0) is 9.53 Å². The Morgan fingerprint density at radius 2 is 2.29 bits per heavy atom. The Morgan fingerprint density at radius 1 is 1.57 bits per heavy atom. The van der Waals surface area contributed by atoms with E-state index in [0.29, 0.717) is 0 Å². The van der Waals surface area contributed by atoms with Crippen LogP contribution in [-0.4, -0.2) is 35.9 Å². The zero-order valence-corrected chi connectivity index (χ0v) is 6.68. The average Bonchev–Trinajstić information content (AvgIpc) is 1.87.